The Morgan fingerprint density at radius 1 is 0.974 bits per heavy atom. The van der Waals surface area contributed by atoms with Crippen LogP contribution in [0.5, 0.6) is 5.75 Å². The van der Waals surface area contributed by atoms with Crippen molar-refractivity contribution in [1.82, 2.24) is 4.90 Å². The van der Waals surface area contributed by atoms with Gasteiger partial charge in [-0.3, -0.25) is 0 Å². The Balaban J connectivity index is 1.37. The number of carbonyl (C=O) groups is 1. The average Bonchev–Trinajstić information content (AvgIpc) is 2.96. The molecule has 5 nitrogen and oxygen atoms in total. The lowest BCUT2D eigenvalue weighted by atomic mass is 9.85. The normalized spacial score (nSPS) is 18.2. The highest BCUT2D eigenvalue weighted by atomic mass is 19.1. The van der Waals surface area contributed by atoms with Gasteiger partial charge in [0, 0.05) is 18.9 Å². The second kappa shape index (κ2) is 12.3. The summed E-state index contributed by atoms with van der Waals surface area (Å²) in [7, 11) is 0. The molecule has 5 rings (SSSR count). The molecular formula is C33H34FNO4. The van der Waals surface area contributed by atoms with Gasteiger partial charge in [-0.25, -0.2) is 9.18 Å². The molecule has 0 saturated carbocycles. The fourth-order valence-electron chi connectivity index (χ4n) is 5.27. The lowest BCUT2D eigenvalue weighted by Crippen LogP contribution is -2.47. The number of carbonyl (C=O) groups excluding carboxylic acids is 1. The third-order valence-electron chi connectivity index (χ3n) is 7.33. The number of ether oxygens (including phenoxy) is 2. The number of amides is 1. The molecule has 0 aromatic heterocycles. The van der Waals surface area contributed by atoms with E-state index in [0.29, 0.717) is 32.5 Å². The summed E-state index contributed by atoms with van der Waals surface area (Å²) in [5, 5.41) is 12.3. The maximum absolute atomic E-state index is 14.1. The maximum atomic E-state index is 14.1. The van der Waals surface area contributed by atoms with Crippen LogP contribution in [0.1, 0.15) is 43.2 Å². The van der Waals surface area contributed by atoms with Gasteiger partial charge in [0.1, 0.15) is 5.75 Å². The van der Waals surface area contributed by atoms with Gasteiger partial charge in [-0.2, -0.15) is 0 Å². The number of hydrogen-bond acceptors (Lipinski definition) is 4. The summed E-state index contributed by atoms with van der Waals surface area (Å²) >= 11 is 0. The first-order valence-corrected chi connectivity index (χ1v) is 13.6. The van der Waals surface area contributed by atoms with Crippen LogP contribution in [0.15, 0.2) is 91.0 Å². The Labute approximate surface area is 228 Å². The lowest BCUT2D eigenvalue weighted by Gasteiger charge is -2.38. The van der Waals surface area contributed by atoms with Crippen LogP contribution in [0, 0.1) is 0 Å². The summed E-state index contributed by atoms with van der Waals surface area (Å²) in [6.45, 7) is 3.01. The number of phenols is 1. The quantitative estimate of drug-likeness (QED) is 0.254. The van der Waals surface area contributed by atoms with Crippen LogP contribution in [0.2, 0.25) is 0 Å². The first-order valence-electron chi connectivity index (χ1n) is 13.6. The molecule has 1 N–H and O–H groups in total. The van der Waals surface area contributed by atoms with Crippen molar-refractivity contribution >= 4 is 16.9 Å². The minimum atomic E-state index is -1.60. The van der Waals surface area contributed by atoms with Gasteiger partial charge in [-0.05, 0) is 64.1 Å². The zero-order valence-electron chi connectivity index (χ0n) is 22.1. The van der Waals surface area contributed by atoms with Gasteiger partial charge < -0.3 is 19.5 Å². The number of piperidine rings is 1. The number of alkyl halides is 1. The molecular weight excluding hydrogens is 493 g/mol. The van der Waals surface area contributed by atoms with Crippen molar-refractivity contribution in [3.63, 3.8) is 0 Å². The summed E-state index contributed by atoms with van der Waals surface area (Å²) in [6, 6.07) is 29.9. The molecule has 1 aliphatic heterocycles. The second-order valence-corrected chi connectivity index (χ2v) is 10.1. The Kier molecular flexibility index (Phi) is 8.42. The topological polar surface area (TPSA) is 59.0 Å². The summed E-state index contributed by atoms with van der Waals surface area (Å²) in [5.74, 6) is 0.249. The van der Waals surface area contributed by atoms with Crippen LogP contribution >= 0.6 is 0 Å². The molecule has 0 aliphatic carbocycles. The molecule has 4 aromatic carbocycles. The van der Waals surface area contributed by atoms with Crippen LogP contribution in [-0.4, -0.2) is 41.7 Å². The highest BCUT2D eigenvalue weighted by Crippen LogP contribution is 2.34. The predicted octanol–water partition coefficient (Wildman–Crippen LogP) is 7.82. The number of fused-ring (bicyclic) bond motifs is 1. The van der Waals surface area contributed by atoms with E-state index in [9.17, 15) is 14.3 Å². The van der Waals surface area contributed by atoms with Crippen LogP contribution in [0.25, 0.3) is 21.9 Å². The third kappa shape index (κ3) is 6.58. The number of halogens is 1. The Bertz CT molecular complexity index is 1420. The van der Waals surface area contributed by atoms with E-state index in [1.165, 1.54) is 5.39 Å². The summed E-state index contributed by atoms with van der Waals surface area (Å²) in [6.07, 6.45) is -1.10. The number of likely N-dealkylation sites (tertiary alicyclic amines) is 1. The fraction of sp³-hybridized carbons (Fsp3) is 0.303. The monoisotopic (exact) mass is 527 g/mol. The molecule has 202 valence electrons. The third-order valence-corrected chi connectivity index (χ3v) is 7.33. The first-order chi connectivity index (χ1) is 19.0. The smallest absolute Gasteiger partial charge is 0.412 e. The van der Waals surface area contributed by atoms with Gasteiger partial charge in [0.2, 0.25) is 6.36 Å². The molecule has 0 bridgehead atoms. The Hall–Kier alpha value is -3.90. The number of aromatic hydroxyl groups is 1. The minimum absolute atomic E-state index is 0.0311. The van der Waals surface area contributed by atoms with Gasteiger partial charge in [-0.1, -0.05) is 79.7 Å². The fourth-order valence-corrected chi connectivity index (χ4v) is 5.27. The molecule has 1 fully saturated rings. The van der Waals surface area contributed by atoms with Crippen molar-refractivity contribution < 1.29 is 23.8 Å². The predicted molar refractivity (Wildman–Crippen MR) is 151 cm³/mol. The van der Waals surface area contributed by atoms with Crippen molar-refractivity contribution in [1.29, 1.82) is 0 Å². The van der Waals surface area contributed by atoms with E-state index in [-0.39, 0.29) is 24.2 Å². The van der Waals surface area contributed by atoms with Gasteiger partial charge in [0.05, 0.1) is 19.3 Å². The highest BCUT2D eigenvalue weighted by molar-refractivity contribution is 5.83. The molecule has 1 unspecified atom stereocenters. The van der Waals surface area contributed by atoms with Crippen LogP contribution in [-0.2, 0) is 16.1 Å². The molecule has 6 heteroatoms. The molecule has 1 heterocycles. The van der Waals surface area contributed by atoms with Crippen LogP contribution < -0.4 is 0 Å². The first kappa shape index (κ1) is 26.7. The van der Waals surface area contributed by atoms with E-state index in [4.69, 9.17) is 9.47 Å². The van der Waals surface area contributed by atoms with Crippen molar-refractivity contribution in [2.45, 2.75) is 51.2 Å². The van der Waals surface area contributed by atoms with Crippen LogP contribution in [0.4, 0.5) is 9.18 Å². The molecule has 4 aromatic rings. The number of hydrogen-bond donors (Lipinski definition) is 1. The lowest BCUT2D eigenvalue weighted by molar-refractivity contribution is -0.0462. The molecule has 1 saturated heterocycles. The Morgan fingerprint density at radius 3 is 2.54 bits per heavy atom. The number of nitrogens with zero attached hydrogens (tertiary/aromatic N) is 1. The van der Waals surface area contributed by atoms with E-state index in [2.05, 4.69) is 42.5 Å². The van der Waals surface area contributed by atoms with E-state index < -0.39 is 12.5 Å². The number of phenolic OH excluding ortho intramolecular Hbond substituents is 1. The average molecular weight is 528 g/mol. The zero-order valence-corrected chi connectivity index (χ0v) is 22.1. The Morgan fingerprint density at radius 2 is 1.74 bits per heavy atom. The van der Waals surface area contributed by atoms with E-state index in [0.717, 1.165) is 27.6 Å². The van der Waals surface area contributed by atoms with Crippen molar-refractivity contribution in [2.75, 3.05) is 13.1 Å². The molecule has 3 atom stereocenters. The molecule has 0 spiro atoms. The summed E-state index contributed by atoms with van der Waals surface area (Å²) in [4.78, 5) is 14.3. The zero-order chi connectivity index (χ0) is 27.2. The van der Waals surface area contributed by atoms with Crippen LogP contribution in [0.3, 0.4) is 0 Å². The summed E-state index contributed by atoms with van der Waals surface area (Å²) in [5.41, 5.74) is 4.07. The molecule has 1 amide bonds. The molecule has 39 heavy (non-hydrogen) atoms. The van der Waals surface area contributed by atoms with E-state index >= 15 is 0 Å². The SMILES string of the molecule is CCCC(F)OC(=O)N1CC[C@H](c2cccc(-c3cccc(O)c3)c2)[C@@H](OCc2ccc3ccccc3c2)C1. The van der Waals surface area contributed by atoms with Crippen molar-refractivity contribution in [3.8, 4) is 16.9 Å². The highest BCUT2D eigenvalue weighted by Gasteiger charge is 2.34. The number of rotatable bonds is 8. The second-order valence-electron chi connectivity index (χ2n) is 10.1. The standard InChI is InChI=1S/C33H34FNO4/c1-2-7-32(34)39-33(37)35-17-16-30(28-12-5-10-26(19-28)27-11-6-13-29(36)20-27)31(21-35)38-22-23-14-15-24-8-3-4-9-25(24)18-23/h3-6,8-15,18-20,30-32,36H,2,7,16-17,21-22H2,1H3/t30-,31+,32?/m1/s1. The minimum Gasteiger partial charge on any atom is -0.508 e. The van der Waals surface area contributed by atoms with E-state index in [1.807, 2.05) is 43.3 Å². The molecule has 0 radical (unpaired) electrons. The summed E-state index contributed by atoms with van der Waals surface area (Å²) < 4.78 is 25.6. The van der Waals surface area contributed by atoms with Gasteiger partial charge in [-0.15, -0.1) is 0 Å². The number of benzene rings is 4. The molecule has 1 aliphatic rings. The van der Waals surface area contributed by atoms with Gasteiger partial charge >= 0.3 is 6.09 Å². The van der Waals surface area contributed by atoms with Crippen molar-refractivity contribution in [3.05, 3.63) is 102 Å². The van der Waals surface area contributed by atoms with Gasteiger partial charge in [0.15, 0.2) is 0 Å². The van der Waals surface area contributed by atoms with Crippen molar-refractivity contribution in [2.24, 2.45) is 0 Å². The largest absolute Gasteiger partial charge is 0.508 e. The van der Waals surface area contributed by atoms with E-state index in [1.54, 1.807) is 17.0 Å². The van der Waals surface area contributed by atoms with Gasteiger partial charge in [0.25, 0.3) is 0 Å². The maximum Gasteiger partial charge on any atom is 0.412 e.